The van der Waals surface area contributed by atoms with E-state index in [9.17, 15) is 4.79 Å². The van der Waals surface area contributed by atoms with Crippen molar-refractivity contribution in [2.75, 3.05) is 80.1 Å². The van der Waals surface area contributed by atoms with Gasteiger partial charge < -0.3 is 25.2 Å². The maximum atomic E-state index is 12.5. The van der Waals surface area contributed by atoms with Crippen LogP contribution < -0.4 is 25.3 Å². The summed E-state index contributed by atoms with van der Waals surface area (Å²) >= 11 is 0. The molecule has 11 heteroatoms. The normalized spacial score (nSPS) is 19.8. The van der Waals surface area contributed by atoms with Crippen molar-refractivity contribution in [3.63, 3.8) is 0 Å². The Labute approximate surface area is 265 Å². The van der Waals surface area contributed by atoms with Gasteiger partial charge in [0.1, 0.15) is 17.9 Å². The molecule has 0 unspecified atom stereocenters. The Morgan fingerprint density at radius 3 is 2.51 bits per heavy atom. The summed E-state index contributed by atoms with van der Waals surface area (Å²) in [6.45, 7) is 14.0. The van der Waals surface area contributed by atoms with Gasteiger partial charge in [-0.2, -0.15) is 0 Å². The molecule has 45 heavy (non-hydrogen) atoms. The number of hydroxylamine groups is 1. The molecule has 238 valence electrons. The first kappa shape index (κ1) is 30.8. The minimum Gasteiger partial charge on any atom is -0.494 e. The molecule has 6 rings (SSSR count). The molecular weight excluding hydrogens is 568 g/mol. The molecule has 3 saturated heterocycles. The van der Waals surface area contributed by atoms with Crippen molar-refractivity contribution >= 4 is 34.6 Å². The molecule has 3 fully saturated rings. The molecule has 0 bridgehead atoms. The molecule has 3 aliphatic heterocycles. The number of nitrogens with zero attached hydrogens (tertiary/aromatic N) is 6. The lowest BCUT2D eigenvalue weighted by Gasteiger charge is -2.43. The first-order valence-electron chi connectivity index (χ1n) is 16.0. The largest absolute Gasteiger partial charge is 0.494 e. The molecule has 1 aromatic heterocycles. The van der Waals surface area contributed by atoms with E-state index in [2.05, 4.69) is 60.9 Å². The first-order chi connectivity index (χ1) is 22.1. The van der Waals surface area contributed by atoms with Crippen molar-refractivity contribution in [2.24, 2.45) is 0 Å². The van der Waals surface area contributed by atoms with E-state index < -0.39 is 0 Å². The Morgan fingerprint density at radius 2 is 1.80 bits per heavy atom. The van der Waals surface area contributed by atoms with Gasteiger partial charge in [0, 0.05) is 63.9 Å². The lowest BCUT2D eigenvalue weighted by Crippen LogP contribution is -2.53. The number of piperidine rings is 1. The molecule has 11 nitrogen and oxygen atoms in total. The minimum atomic E-state index is -0.265. The number of benzene rings is 2. The van der Waals surface area contributed by atoms with Crippen LogP contribution in [0, 0.1) is 0 Å². The lowest BCUT2D eigenvalue weighted by atomic mass is 10.0. The van der Waals surface area contributed by atoms with Crippen LogP contribution in [0.4, 0.5) is 28.7 Å². The second kappa shape index (κ2) is 14.3. The predicted octanol–water partition coefficient (Wildman–Crippen LogP) is 4.84. The molecule has 1 amide bonds. The number of methoxy groups -OCH3 is 1. The summed E-state index contributed by atoms with van der Waals surface area (Å²) < 4.78 is 5.86. The van der Waals surface area contributed by atoms with Gasteiger partial charge in [0.2, 0.25) is 5.91 Å². The SMILES string of the molecule is C=CC(=O)Nc1cc(Nc2cc(N3OCC[C@@H]3c3ccccc3)ncn2)c(OC)cc1N1CCC(N2CCN(CC)CC2)CC1. The smallest absolute Gasteiger partial charge is 0.247 e. The molecule has 2 N–H and O–H groups in total. The van der Waals surface area contributed by atoms with Gasteiger partial charge in [-0.3, -0.25) is 14.5 Å². The van der Waals surface area contributed by atoms with Crippen molar-refractivity contribution in [3.8, 4) is 5.75 Å². The summed E-state index contributed by atoms with van der Waals surface area (Å²) in [6.07, 6.45) is 5.84. The van der Waals surface area contributed by atoms with E-state index in [1.165, 1.54) is 18.0 Å². The number of ether oxygens (including phenoxy) is 1. The van der Waals surface area contributed by atoms with Gasteiger partial charge in [-0.1, -0.05) is 43.8 Å². The first-order valence-corrected chi connectivity index (χ1v) is 16.0. The third-order valence-corrected chi connectivity index (χ3v) is 9.17. The van der Waals surface area contributed by atoms with Crippen LogP contribution in [0.5, 0.6) is 5.75 Å². The molecule has 0 radical (unpaired) electrons. The Balaban J connectivity index is 1.21. The highest BCUT2D eigenvalue weighted by atomic mass is 16.7. The summed E-state index contributed by atoms with van der Waals surface area (Å²) in [5.74, 6) is 1.63. The standard InChI is InChI=1S/C34H44N8O3/c1-4-34(43)38-27-21-28(37-32-23-33(36-24-35-32)42-29(13-20-45-42)25-9-7-6-8-10-25)31(44-3)22-30(27)41-14-11-26(12-15-41)40-18-16-39(5-2)17-19-40/h4,6-10,21-24,26,29H,1,5,11-20H2,2-3H3,(H,38,43)(H,35,36,37)/t29-/m1/s1. The second-order valence-electron chi connectivity index (χ2n) is 11.7. The molecule has 0 aliphatic carbocycles. The lowest BCUT2D eigenvalue weighted by molar-refractivity contribution is -0.111. The van der Waals surface area contributed by atoms with Gasteiger partial charge in [0.15, 0.2) is 5.82 Å². The van der Waals surface area contributed by atoms with Gasteiger partial charge in [-0.25, -0.2) is 15.0 Å². The van der Waals surface area contributed by atoms with Gasteiger partial charge >= 0.3 is 0 Å². The van der Waals surface area contributed by atoms with Gasteiger partial charge in [-0.05, 0) is 37.1 Å². The molecule has 1 atom stereocenters. The fraction of sp³-hybridized carbons (Fsp3) is 0.441. The van der Waals surface area contributed by atoms with E-state index in [1.807, 2.05) is 41.5 Å². The summed E-state index contributed by atoms with van der Waals surface area (Å²) in [5.41, 5.74) is 3.47. The number of aromatic nitrogens is 2. The topological polar surface area (TPSA) is 98.3 Å². The fourth-order valence-electron chi connectivity index (χ4n) is 6.64. The number of hydrogen-bond acceptors (Lipinski definition) is 10. The van der Waals surface area contributed by atoms with Gasteiger partial charge in [-0.15, -0.1) is 0 Å². The third-order valence-electron chi connectivity index (χ3n) is 9.17. The number of nitrogens with one attached hydrogen (secondary N) is 2. The number of anilines is 5. The number of amides is 1. The second-order valence-corrected chi connectivity index (χ2v) is 11.7. The molecule has 3 aromatic rings. The number of carbonyl (C=O) groups excluding carboxylic acids is 1. The molecule has 3 aliphatic rings. The van der Waals surface area contributed by atoms with E-state index in [0.29, 0.717) is 41.4 Å². The maximum absolute atomic E-state index is 12.5. The van der Waals surface area contributed by atoms with Crippen LogP contribution >= 0.6 is 0 Å². The molecule has 0 saturated carbocycles. The van der Waals surface area contributed by atoms with Crippen molar-refractivity contribution in [1.29, 1.82) is 0 Å². The van der Waals surface area contributed by atoms with Crippen LogP contribution in [-0.4, -0.2) is 91.2 Å². The predicted molar refractivity (Wildman–Crippen MR) is 178 cm³/mol. The zero-order valence-electron chi connectivity index (χ0n) is 26.3. The Morgan fingerprint density at radius 1 is 1.02 bits per heavy atom. The number of hydrogen-bond donors (Lipinski definition) is 2. The summed E-state index contributed by atoms with van der Waals surface area (Å²) in [4.78, 5) is 35.0. The van der Waals surface area contributed by atoms with E-state index in [4.69, 9.17) is 9.57 Å². The van der Waals surface area contributed by atoms with Crippen LogP contribution in [0.2, 0.25) is 0 Å². The zero-order valence-corrected chi connectivity index (χ0v) is 26.3. The van der Waals surface area contributed by atoms with Crippen molar-refractivity contribution in [2.45, 2.75) is 38.3 Å². The Kier molecular flexibility index (Phi) is 9.78. The number of rotatable bonds is 10. The average Bonchev–Trinajstić information content (AvgIpc) is 3.59. The summed E-state index contributed by atoms with van der Waals surface area (Å²) in [6, 6.07) is 16.7. The van der Waals surface area contributed by atoms with Crippen molar-refractivity contribution < 1.29 is 14.4 Å². The van der Waals surface area contributed by atoms with Crippen LogP contribution in [0.3, 0.4) is 0 Å². The fourth-order valence-corrected chi connectivity index (χ4v) is 6.64. The van der Waals surface area contributed by atoms with E-state index in [-0.39, 0.29) is 11.9 Å². The van der Waals surface area contributed by atoms with E-state index >= 15 is 0 Å². The molecular formula is C34H44N8O3. The zero-order chi connectivity index (χ0) is 31.2. The van der Waals surface area contributed by atoms with E-state index in [0.717, 1.165) is 70.8 Å². The van der Waals surface area contributed by atoms with Crippen LogP contribution in [-0.2, 0) is 9.63 Å². The van der Waals surface area contributed by atoms with E-state index in [1.54, 1.807) is 7.11 Å². The Bertz CT molecular complexity index is 1460. The minimum absolute atomic E-state index is 0.0635. The molecule has 2 aromatic carbocycles. The third kappa shape index (κ3) is 7.06. The van der Waals surface area contributed by atoms with Crippen LogP contribution in [0.15, 0.2) is 67.5 Å². The van der Waals surface area contributed by atoms with Crippen molar-refractivity contribution in [3.05, 3.63) is 73.1 Å². The summed E-state index contributed by atoms with van der Waals surface area (Å²) in [7, 11) is 1.66. The summed E-state index contributed by atoms with van der Waals surface area (Å²) in [5, 5.41) is 8.28. The molecule has 4 heterocycles. The number of likely N-dealkylation sites (N-methyl/N-ethyl adjacent to an activating group) is 1. The average molecular weight is 613 g/mol. The van der Waals surface area contributed by atoms with Gasteiger partial charge in [0.05, 0.1) is 36.8 Å². The highest BCUT2D eigenvalue weighted by molar-refractivity contribution is 6.02. The van der Waals surface area contributed by atoms with Gasteiger partial charge in [0.25, 0.3) is 0 Å². The number of carbonyl (C=O) groups is 1. The monoisotopic (exact) mass is 612 g/mol. The van der Waals surface area contributed by atoms with Crippen molar-refractivity contribution in [1.82, 2.24) is 19.8 Å². The number of piperazine rings is 1. The van der Waals surface area contributed by atoms with Crippen LogP contribution in [0.1, 0.15) is 37.8 Å². The highest BCUT2D eigenvalue weighted by Gasteiger charge is 2.30. The quantitative estimate of drug-likeness (QED) is 0.310. The molecule has 0 spiro atoms. The Hall–Kier alpha value is -4.19. The van der Waals surface area contributed by atoms with Crippen LogP contribution in [0.25, 0.3) is 0 Å². The maximum Gasteiger partial charge on any atom is 0.247 e. The highest BCUT2D eigenvalue weighted by Crippen LogP contribution is 2.40.